The largest absolute Gasteiger partial charge is 0.324 e. The minimum absolute atomic E-state index is 0.0401. The Balaban J connectivity index is 1.92. The van der Waals surface area contributed by atoms with Crippen molar-refractivity contribution in [2.45, 2.75) is 19.9 Å². The van der Waals surface area contributed by atoms with Gasteiger partial charge in [-0.05, 0) is 47.1 Å². The van der Waals surface area contributed by atoms with E-state index in [1.165, 1.54) is 5.56 Å². The van der Waals surface area contributed by atoms with Gasteiger partial charge in [-0.25, -0.2) is 0 Å². The molecule has 5 heteroatoms. The summed E-state index contributed by atoms with van der Waals surface area (Å²) in [5.41, 5.74) is 2.00. The summed E-state index contributed by atoms with van der Waals surface area (Å²) >= 11 is 3.47. The Kier molecular flexibility index (Phi) is 4.96. The summed E-state index contributed by atoms with van der Waals surface area (Å²) in [5, 5.41) is 6.19. The number of nitrogens with one attached hydrogen (secondary N) is 2. The lowest BCUT2D eigenvalue weighted by atomic mass is 10.1. The molecule has 0 bridgehead atoms. The Hall–Kier alpha value is -0.910. The van der Waals surface area contributed by atoms with E-state index in [1.807, 2.05) is 25.1 Å². The number of carbonyl (C=O) groups is 1. The number of halogens is 1. The molecule has 1 saturated heterocycles. The highest BCUT2D eigenvalue weighted by Crippen LogP contribution is 2.23. The van der Waals surface area contributed by atoms with E-state index in [1.54, 1.807) is 0 Å². The smallest absolute Gasteiger partial charge is 0.238 e. The molecule has 1 aliphatic rings. The number of nitrogens with zero attached hydrogens (tertiary/aromatic N) is 1. The molecule has 1 heterocycles. The lowest BCUT2D eigenvalue weighted by molar-refractivity contribution is -0.118. The number of rotatable bonds is 5. The predicted molar refractivity (Wildman–Crippen MR) is 81.4 cm³/mol. The van der Waals surface area contributed by atoms with Crippen LogP contribution in [-0.2, 0) is 4.79 Å². The highest BCUT2D eigenvalue weighted by molar-refractivity contribution is 9.10. The maximum absolute atomic E-state index is 12.1. The molecule has 1 aromatic carbocycles. The average molecular weight is 326 g/mol. The van der Waals surface area contributed by atoms with Gasteiger partial charge in [0.05, 0.1) is 12.2 Å². The van der Waals surface area contributed by atoms with Crippen LogP contribution in [0, 0.1) is 6.92 Å². The molecule has 0 spiro atoms. The van der Waals surface area contributed by atoms with Crippen molar-refractivity contribution in [2.24, 2.45) is 0 Å². The first kappa shape index (κ1) is 14.5. The molecular formula is C14H20BrN3O. The van der Waals surface area contributed by atoms with Crippen LogP contribution < -0.4 is 10.6 Å². The van der Waals surface area contributed by atoms with Gasteiger partial charge in [-0.15, -0.1) is 0 Å². The van der Waals surface area contributed by atoms with Crippen molar-refractivity contribution in [3.63, 3.8) is 0 Å². The van der Waals surface area contributed by atoms with Crippen molar-refractivity contribution in [2.75, 3.05) is 31.5 Å². The van der Waals surface area contributed by atoms with Crippen molar-refractivity contribution < 1.29 is 4.79 Å². The molecule has 2 rings (SSSR count). The molecule has 0 radical (unpaired) electrons. The number of likely N-dealkylation sites (N-methyl/N-ethyl adjacent to an activating group) is 1. The summed E-state index contributed by atoms with van der Waals surface area (Å²) in [6.45, 7) is 7.43. The molecule has 0 atom stereocenters. The number of benzene rings is 1. The molecule has 0 aliphatic carbocycles. The zero-order valence-corrected chi connectivity index (χ0v) is 13.0. The molecule has 0 aromatic heterocycles. The third-order valence-electron chi connectivity index (χ3n) is 3.43. The average Bonchev–Trinajstić information content (AvgIpc) is 2.29. The molecule has 0 unspecified atom stereocenters. The SMILES string of the molecule is CCN(CC(=O)Nc1ccc(C)cc1Br)C1CNC1. The van der Waals surface area contributed by atoms with E-state index >= 15 is 0 Å². The highest BCUT2D eigenvalue weighted by Gasteiger charge is 2.24. The first-order valence-corrected chi connectivity index (χ1v) is 7.40. The highest BCUT2D eigenvalue weighted by atomic mass is 79.9. The molecule has 1 fully saturated rings. The molecule has 19 heavy (non-hydrogen) atoms. The Morgan fingerprint density at radius 1 is 1.53 bits per heavy atom. The Morgan fingerprint density at radius 3 is 2.79 bits per heavy atom. The molecule has 4 nitrogen and oxygen atoms in total. The second-order valence-corrected chi connectivity index (χ2v) is 5.76. The normalized spacial score (nSPS) is 15.4. The lowest BCUT2D eigenvalue weighted by Gasteiger charge is -2.37. The van der Waals surface area contributed by atoms with Crippen LogP contribution in [0.5, 0.6) is 0 Å². The van der Waals surface area contributed by atoms with Crippen LogP contribution in [0.1, 0.15) is 12.5 Å². The van der Waals surface area contributed by atoms with Crippen LogP contribution in [0.4, 0.5) is 5.69 Å². The number of hydrogen-bond donors (Lipinski definition) is 2. The van der Waals surface area contributed by atoms with Gasteiger partial charge in [0.25, 0.3) is 0 Å². The molecule has 1 aromatic rings. The first-order valence-electron chi connectivity index (χ1n) is 6.61. The quantitative estimate of drug-likeness (QED) is 0.870. The van der Waals surface area contributed by atoms with Crippen molar-refractivity contribution in [1.82, 2.24) is 10.2 Å². The van der Waals surface area contributed by atoms with Crippen molar-refractivity contribution in [3.05, 3.63) is 28.2 Å². The summed E-state index contributed by atoms with van der Waals surface area (Å²) < 4.78 is 0.925. The van der Waals surface area contributed by atoms with E-state index in [2.05, 4.69) is 38.4 Å². The van der Waals surface area contributed by atoms with E-state index < -0.39 is 0 Å². The molecule has 2 N–H and O–H groups in total. The van der Waals surface area contributed by atoms with E-state index in [0.29, 0.717) is 12.6 Å². The fourth-order valence-corrected chi connectivity index (χ4v) is 2.72. The van der Waals surface area contributed by atoms with Crippen molar-refractivity contribution in [3.8, 4) is 0 Å². The first-order chi connectivity index (χ1) is 9.10. The minimum Gasteiger partial charge on any atom is -0.324 e. The fourth-order valence-electron chi connectivity index (χ4n) is 2.13. The third-order valence-corrected chi connectivity index (χ3v) is 4.08. The van der Waals surface area contributed by atoms with Crippen LogP contribution in [0.3, 0.4) is 0 Å². The van der Waals surface area contributed by atoms with Gasteiger partial charge in [-0.1, -0.05) is 13.0 Å². The van der Waals surface area contributed by atoms with Gasteiger partial charge in [-0.3, -0.25) is 9.69 Å². The van der Waals surface area contributed by atoms with Gasteiger partial charge in [0.1, 0.15) is 0 Å². The Bertz CT molecular complexity index is 460. The van der Waals surface area contributed by atoms with Gasteiger partial charge in [0.2, 0.25) is 5.91 Å². The van der Waals surface area contributed by atoms with Crippen molar-refractivity contribution >= 4 is 27.5 Å². The maximum Gasteiger partial charge on any atom is 0.238 e. The molecular weight excluding hydrogens is 306 g/mol. The van der Waals surface area contributed by atoms with E-state index in [-0.39, 0.29) is 5.91 Å². The number of anilines is 1. The van der Waals surface area contributed by atoms with Gasteiger partial charge in [0, 0.05) is 23.6 Å². The van der Waals surface area contributed by atoms with E-state index in [4.69, 9.17) is 0 Å². The summed E-state index contributed by atoms with van der Waals surface area (Å²) in [5.74, 6) is 0.0401. The summed E-state index contributed by atoms with van der Waals surface area (Å²) in [6, 6.07) is 6.42. The topological polar surface area (TPSA) is 44.4 Å². The molecule has 0 saturated carbocycles. The standard InChI is InChI=1S/C14H20BrN3O/c1-3-18(11-7-16-8-11)9-14(19)17-13-5-4-10(2)6-12(13)15/h4-6,11,16H,3,7-9H2,1-2H3,(H,17,19). The van der Waals surface area contributed by atoms with Gasteiger partial charge < -0.3 is 10.6 Å². The fraction of sp³-hybridized carbons (Fsp3) is 0.500. The van der Waals surface area contributed by atoms with Gasteiger partial charge >= 0.3 is 0 Å². The zero-order chi connectivity index (χ0) is 13.8. The summed E-state index contributed by atoms with van der Waals surface area (Å²) in [7, 11) is 0. The third kappa shape index (κ3) is 3.78. The lowest BCUT2D eigenvalue weighted by Crippen LogP contribution is -2.58. The summed E-state index contributed by atoms with van der Waals surface area (Å²) in [4.78, 5) is 14.3. The minimum atomic E-state index is 0.0401. The second-order valence-electron chi connectivity index (χ2n) is 4.91. The van der Waals surface area contributed by atoms with Crippen LogP contribution >= 0.6 is 15.9 Å². The second kappa shape index (κ2) is 6.50. The van der Waals surface area contributed by atoms with Crippen LogP contribution in [-0.4, -0.2) is 43.0 Å². The van der Waals surface area contributed by atoms with Gasteiger partial charge in [-0.2, -0.15) is 0 Å². The maximum atomic E-state index is 12.1. The summed E-state index contributed by atoms with van der Waals surface area (Å²) in [6.07, 6.45) is 0. The number of carbonyl (C=O) groups excluding carboxylic acids is 1. The van der Waals surface area contributed by atoms with Gasteiger partial charge in [0.15, 0.2) is 0 Å². The molecule has 104 valence electrons. The number of aryl methyl sites for hydroxylation is 1. The zero-order valence-electron chi connectivity index (χ0n) is 11.4. The Labute approximate surface area is 122 Å². The van der Waals surface area contributed by atoms with Crippen LogP contribution in [0.25, 0.3) is 0 Å². The monoisotopic (exact) mass is 325 g/mol. The van der Waals surface area contributed by atoms with Crippen LogP contribution in [0.2, 0.25) is 0 Å². The number of hydrogen-bond acceptors (Lipinski definition) is 3. The molecule has 1 aliphatic heterocycles. The van der Waals surface area contributed by atoms with E-state index in [9.17, 15) is 4.79 Å². The number of amides is 1. The Morgan fingerprint density at radius 2 is 2.26 bits per heavy atom. The predicted octanol–water partition coefficient (Wildman–Crippen LogP) is 1.99. The van der Waals surface area contributed by atoms with E-state index in [0.717, 1.165) is 29.8 Å². The van der Waals surface area contributed by atoms with Crippen molar-refractivity contribution in [1.29, 1.82) is 0 Å². The molecule has 1 amide bonds. The van der Waals surface area contributed by atoms with Crippen LogP contribution in [0.15, 0.2) is 22.7 Å².